The number of nitrogens with one attached hydrogen (secondary N) is 1. The number of benzene rings is 1. The molecule has 0 spiro atoms. The number of nitro groups is 1. The van der Waals surface area contributed by atoms with E-state index in [1.54, 1.807) is 0 Å². The minimum Gasteiger partial charge on any atom is -0.335 e. The van der Waals surface area contributed by atoms with Crippen LogP contribution >= 0.6 is 0 Å². The highest BCUT2D eigenvalue weighted by molar-refractivity contribution is 7.89. The molecule has 1 fully saturated rings. The first kappa shape index (κ1) is 12.3. The topological polar surface area (TPSA) is 110 Å². The Morgan fingerprint density at radius 3 is 2.56 bits per heavy atom. The van der Waals surface area contributed by atoms with Crippen LogP contribution in [0.5, 0.6) is 0 Å². The summed E-state index contributed by atoms with van der Waals surface area (Å²) in [4.78, 5) is 20.9. The molecule has 1 saturated heterocycles. The molecule has 0 atom stereocenters. The van der Waals surface area contributed by atoms with Crippen LogP contribution in [0.1, 0.15) is 0 Å². The van der Waals surface area contributed by atoms with E-state index in [2.05, 4.69) is 5.32 Å². The summed E-state index contributed by atoms with van der Waals surface area (Å²) in [5, 5.41) is 13.1. The maximum Gasteiger partial charge on any atom is 0.331 e. The number of hydrogen-bond donors (Lipinski definition) is 1. The third kappa shape index (κ3) is 1.88. The lowest BCUT2D eigenvalue weighted by atomic mass is 10.3. The van der Waals surface area contributed by atoms with Gasteiger partial charge in [0.05, 0.1) is 11.5 Å². The van der Waals surface area contributed by atoms with Gasteiger partial charge < -0.3 is 5.32 Å². The molecule has 2 amide bonds. The number of amides is 2. The lowest BCUT2D eigenvalue weighted by molar-refractivity contribution is -0.387. The number of para-hydroxylation sites is 1. The summed E-state index contributed by atoms with van der Waals surface area (Å²) in [6, 6.07) is 4.16. The zero-order valence-corrected chi connectivity index (χ0v) is 9.88. The first-order chi connectivity index (χ1) is 8.44. The minimum absolute atomic E-state index is 0.0345. The molecule has 0 radical (unpaired) electrons. The third-order valence-corrected chi connectivity index (χ3v) is 4.28. The minimum atomic E-state index is -4.18. The molecule has 0 unspecified atom stereocenters. The average Bonchev–Trinajstić information content (AvgIpc) is 2.76. The zero-order chi connectivity index (χ0) is 13.3. The summed E-state index contributed by atoms with van der Waals surface area (Å²) in [5.74, 6) is 0. The quantitative estimate of drug-likeness (QED) is 0.628. The molecule has 0 bridgehead atoms. The van der Waals surface area contributed by atoms with Crippen molar-refractivity contribution >= 4 is 21.7 Å². The second-order valence-electron chi connectivity index (χ2n) is 3.53. The smallest absolute Gasteiger partial charge is 0.331 e. The van der Waals surface area contributed by atoms with Crippen molar-refractivity contribution in [1.29, 1.82) is 0 Å². The van der Waals surface area contributed by atoms with Crippen molar-refractivity contribution in [3.05, 3.63) is 34.4 Å². The lowest BCUT2D eigenvalue weighted by Crippen LogP contribution is -2.34. The van der Waals surface area contributed by atoms with Crippen LogP contribution in [-0.4, -0.2) is 36.8 Å². The molecule has 18 heavy (non-hydrogen) atoms. The van der Waals surface area contributed by atoms with Gasteiger partial charge in [-0.1, -0.05) is 12.1 Å². The van der Waals surface area contributed by atoms with Crippen molar-refractivity contribution in [2.75, 3.05) is 13.1 Å². The third-order valence-electron chi connectivity index (χ3n) is 2.45. The highest BCUT2D eigenvalue weighted by Gasteiger charge is 2.36. The van der Waals surface area contributed by atoms with Crippen molar-refractivity contribution in [3.63, 3.8) is 0 Å². The number of carbonyl (C=O) groups excluding carboxylic acids is 1. The van der Waals surface area contributed by atoms with Crippen LogP contribution in [0.3, 0.4) is 0 Å². The molecule has 0 aromatic heterocycles. The predicted molar refractivity (Wildman–Crippen MR) is 60.4 cm³/mol. The fourth-order valence-electron chi connectivity index (χ4n) is 1.63. The lowest BCUT2D eigenvalue weighted by Gasteiger charge is -2.14. The zero-order valence-electron chi connectivity index (χ0n) is 9.07. The summed E-state index contributed by atoms with van der Waals surface area (Å²) >= 11 is 0. The molecule has 96 valence electrons. The second-order valence-corrected chi connectivity index (χ2v) is 5.36. The van der Waals surface area contributed by atoms with Crippen LogP contribution < -0.4 is 5.32 Å². The molecular weight excluding hydrogens is 262 g/mol. The van der Waals surface area contributed by atoms with Crippen LogP contribution in [-0.2, 0) is 10.0 Å². The number of nitro benzene ring substituents is 1. The Hall–Kier alpha value is -2.16. The van der Waals surface area contributed by atoms with E-state index in [0.29, 0.717) is 4.31 Å². The number of rotatable bonds is 3. The van der Waals surface area contributed by atoms with E-state index in [-0.39, 0.29) is 13.1 Å². The van der Waals surface area contributed by atoms with Gasteiger partial charge in [0.2, 0.25) is 0 Å². The molecular formula is C9H9N3O5S. The molecule has 2 rings (SSSR count). The van der Waals surface area contributed by atoms with Gasteiger partial charge in [-0.25, -0.2) is 17.5 Å². The first-order valence-corrected chi connectivity index (χ1v) is 6.42. The number of urea groups is 1. The fourth-order valence-corrected chi connectivity index (χ4v) is 3.14. The van der Waals surface area contributed by atoms with Crippen LogP contribution in [0.15, 0.2) is 29.2 Å². The number of carbonyl (C=O) groups is 1. The van der Waals surface area contributed by atoms with Gasteiger partial charge in [-0.05, 0) is 6.07 Å². The molecule has 1 aromatic carbocycles. The van der Waals surface area contributed by atoms with Gasteiger partial charge in [0.25, 0.3) is 15.7 Å². The van der Waals surface area contributed by atoms with Gasteiger partial charge in [-0.2, -0.15) is 0 Å². The van der Waals surface area contributed by atoms with Crippen LogP contribution in [0.4, 0.5) is 10.5 Å². The summed E-state index contributed by atoms with van der Waals surface area (Å²) in [6.07, 6.45) is 0. The van der Waals surface area contributed by atoms with E-state index >= 15 is 0 Å². The fraction of sp³-hybridized carbons (Fsp3) is 0.222. The van der Waals surface area contributed by atoms with E-state index in [0.717, 1.165) is 12.1 Å². The summed E-state index contributed by atoms with van der Waals surface area (Å²) in [5.41, 5.74) is -0.544. The van der Waals surface area contributed by atoms with Crippen molar-refractivity contribution < 1.29 is 18.1 Å². The molecule has 1 heterocycles. The van der Waals surface area contributed by atoms with Crippen molar-refractivity contribution in [2.45, 2.75) is 4.90 Å². The molecule has 0 saturated carbocycles. The Balaban J connectivity index is 2.54. The Morgan fingerprint density at radius 1 is 1.33 bits per heavy atom. The average molecular weight is 271 g/mol. The largest absolute Gasteiger partial charge is 0.335 e. The van der Waals surface area contributed by atoms with Crippen molar-refractivity contribution in [2.24, 2.45) is 0 Å². The molecule has 1 aromatic rings. The summed E-state index contributed by atoms with van der Waals surface area (Å²) < 4.78 is 24.9. The van der Waals surface area contributed by atoms with E-state index in [9.17, 15) is 23.3 Å². The van der Waals surface area contributed by atoms with Gasteiger partial charge in [-0.3, -0.25) is 10.1 Å². The molecule has 1 N–H and O–H groups in total. The molecule has 1 aliphatic heterocycles. The molecule has 8 nitrogen and oxygen atoms in total. The number of sulfonamides is 1. The van der Waals surface area contributed by atoms with E-state index in [1.165, 1.54) is 12.1 Å². The second kappa shape index (κ2) is 4.26. The highest BCUT2D eigenvalue weighted by atomic mass is 32.2. The van der Waals surface area contributed by atoms with Crippen LogP contribution in [0.25, 0.3) is 0 Å². The van der Waals surface area contributed by atoms with E-state index < -0.39 is 31.6 Å². The SMILES string of the molecule is O=C1NCCN1S(=O)(=O)c1ccccc1[N+](=O)[O-]. The standard InChI is InChI=1S/C9H9N3O5S/c13-9-10-5-6-11(9)18(16,17)8-4-2-1-3-7(8)12(14)15/h1-4H,5-6H2,(H,10,13). The Morgan fingerprint density at radius 2 is 2.00 bits per heavy atom. The normalized spacial score (nSPS) is 15.6. The predicted octanol–water partition coefficient (Wildman–Crippen LogP) is 0.309. The Kier molecular flexibility index (Phi) is 2.91. The monoisotopic (exact) mass is 271 g/mol. The maximum atomic E-state index is 12.1. The van der Waals surface area contributed by atoms with Gasteiger partial charge in [0.1, 0.15) is 0 Å². The number of nitrogens with zero attached hydrogens (tertiary/aromatic N) is 2. The van der Waals surface area contributed by atoms with Crippen molar-refractivity contribution in [3.8, 4) is 0 Å². The van der Waals surface area contributed by atoms with Gasteiger partial charge >= 0.3 is 6.03 Å². The van der Waals surface area contributed by atoms with Crippen molar-refractivity contribution in [1.82, 2.24) is 9.62 Å². The van der Waals surface area contributed by atoms with Gasteiger partial charge in [0.15, 0.2) is 4.90 Å². The van der Waals surface area contributed by atoms with Crippen LogP contribution in [0.2, 0.25) is 0 Å². The highest BCUT2D eigenvalue weighted by Crippen LogP contribution is 2.26. The number of hydrogen-bond acceptors (Lipinski definition) is 5. The Labute approximate surface area is 102 Å². The van der Waals surface area contributed by atoms with E-state index in [1.807, 2.05) is 0 Å². The van der Waals surface area contributed by atoms with Gasteiger partial charge in [-0.15, -0.1) is 0 Å². The molecule has 9 heteroatoms. The summed E-state index contributed by atoms with van der Waals surface area (Å²) in [7, 11) is -4.18. The van der Waals surface area contributed by atoms with E-state index in [4.69, 9.17) is 0 Å². The maximum absolute atomic E-state index is 12.1. The van der Waals surface area contributed by atoms with Crippen LogP contribution in [0, 0.1) is 10.1 Å². The summed E-state index contributed by atoms with van der Waals surface area (Å²) in [6.45, 7) is 0.159. The molecule has 1 aliphatic rings. The first-order valence-electron chi connectivity index (χ1n) is 4.98. The Bertz CT molecular complexity index is 612. The molecule has 0 aliphatic carbocycles. The van der Waals surface area contributed by atoms with Gasteiger partial charge in [0, 0.05) is 12.6 Å².